The van der Waals surface area contributed by atoms with Crippen LogP contribution in [-0.4, -0.2) is 35.6 Å². The van der Waals surface area contributed by atoms with Crippen molar-refractivity contribution in [3.63, 3.8) is 0 Å². The molecule has 0 rings (SSSR count). The van der Waals surface area contributed by atoms with Crippen LogP contribution in [0.15, 0.2) is 12.7 Å². The predicted molar refractivity (Wildman–Crippen MR) is 78.2 cm³/mol. The first kappa shape index (κ1) is 17.2. The quantitative estimate of drug-likeness (QED) is 0.319. The number of amides is 1. The van der Waals surface area contributed by atoms with Crippen LogP contribution < -0.4 is 0 Å². The van der Waals surface area contributed by atoms with Crippen molar-refractivity contribution >= 4 is 5.91 Å². The molecule has 0 bridgehead atoms. The summed E-state index contributed by atoms with van der Waals surface area (Å²) >= 11 is 0. The monoisotopic (exact) mass is 254 g/mol. The molecule has 0 radical (unpaired) electrons. The molecule has 0 aliphatic carbocycles. The van der Waals surface area contributed by atoms with Gasteiger partial charge in [-0.15, -0.1) is 0 Å². The maximum Gasteiger partial charge on any atom is 0.260 e. The summed E-state index contributed by atoms with van der Waals surface area (Å²) in [6.45, 7) is 12.7. The van der Waals surface area contributed by atoms with Gasteiger partial charge in [0, 0.05) is 19.6 Å². The molecule has 0 N–H and O–H groups in total. The molecule has 3 nitrogen and oxygen atoms in total. The van der Waals surface area contributed by atoms with Crippen LogP contribution in [0.3, 0.4) is 0 Å². The first-order valence-corrected chi connectivity index (χ1v) is 7.39. The van der Waals surface area contributed by atoms with E-state index in [2.05, 4.69) is 25.4 Å². The number of hydrazine groups is 1. The Kier molecular flexibility index (Phi) is 10.8. The zero-order valence-corrected chi connectivity index (χ0v) is 12.5. The number of rotatable bonds is 11. The largest absolute Gasteiger partial charge is 0.272 e. The highest BCUT2D eigenvalue weighted by atomic mass is 16.2. The number of likely N-dealkylation sites (N-methyl/N-ethyl adjacent to an activating group) is 1. The van der Waals surface area contributed by atoms with Crippen molar-refractivity contribution in [3.05, 3.63) is 12.7 Å². The molecule has 3 heteroatoms. The molecule has 0 saturated carbocycles. The molecule has 0 aliphatic heterocycles. The molecular formula is C15H30N2O. The van der Waals surface area contributed by atoms with Gasteiger partial charge >= 0.3 is 0 Å². The summed E-state index contributed by atoms with van der Waals surface area (Å²) in [5.74, 6) is 0.0190. The van der Waals surface area contributed by atoms with E-state index in [-0.39, 0.29) is 5.91 Å². The van der Waals surface area contributed by atoms with Crippen molar-refractivity contribution in [2.75, 3.05) is 19.6 Å². The molecule has 0 saturated heterocycles. The van der Waals surface area contributed by atoms with Gasteiger partial charge in [-0.3, -0.25) is 9.80 Å². The van der Waals surface area contributed by atoms with E-state index < -0.39 is 0 Å². The summed E-state index contributed by atoms with van der Waals surface area (Å²) < 4.78 is 0. The maximum absolute atomic E-state index is 11.8. The highest BCUT2D eigenvalue weighted by Crippen LogP contribution is 2.07. The van der Waals surface area contributed by atoms with E-state index in [0.29, 0.717) is 0 Å². The molecule has 0 unspecified atom stereocenters. The van der Waals surface area contributed by atoms with Crippen LogP contribution in [0.25, 0.3) is 0 Å². The molecule has 0 atom stereocenters. The molecule has 0 aromatic heterocycles. The lowest BCUT2D eigenvalue weighted by Gasteiger charge is -2.33. The second-order valence-corrected chi connectivity index (χ2v) is 4.63. The van der Waals surface area contributed by atoms with Crippen molar-refractivity contribution in [2.45, 2.75) is 59.3 Å². The average molecular weight is 254 g/mol. The molecule has 106 valence electrons. The molecule has 0 heterocycles. The van der Waals surface area contributed by atoms with E-state index in [1.54, 1.807) is 0 Å². The van der Waals surface area contributed by atoms with Crippen LogP contribution in [0.2, 0.25) is 0 Å². The average Bonchev–Trinajstić information content (AvgIpc) is 2.39. The third kappa shape index (κ3) is 6.80. The van der Waals surface area contributed by atoms with Gasteiger partial charge in [0.2, 0.25) is 0 Å². The Balaban J connectivity index is 4.38. The fraction of sp³-hybridized carbons (Fsp3) is 0.800. The van der Waals surface area contributed by atoms with E-state index in [1.165, 1.54) is 31.8 Å². The second kappa shape index (κ2) is 11.3. The lowest BCUT2D eigenvalue weighted by Crippen LogP contribution is -2.46. The third-order valence-electron chi connectivity index (χ3n) is 3.11. The maximum atomic E-state index is 11.8. The van der Waals surface area contributed by atoms with Crippen LogP contribution in [-0.2, 0) is 4.79 Å². The Morgan fingerprint density at radius 3 is 1.83 bits per heavy atom. The SMILES string of the molecule is C=CC(=O)N(CC)N(CCCCC)CCCCC. The van der Waals surface area contributed by atoms with Gasteiger partial charge in [0.05, 0.1) is 0 Å². The number of nitrogens with zero attached hydrogens (tertiary/aromatic N) is 2. The normalized spacial score (nSPS) is 10.7. The van der Waals surface area contributed by atoms with Gasteiger partial charge < -0.3 is 0 Å². The smallest absolute Gasteiger partial charge is 0.260 e. The van der Waals surface area contributed by atoms with Crippen molar-refractivity contribution in [2.24, 2.45) is 0 Å². The molecule has 18 heavy (non-hydrogen) atoms. The van der Waals surface area contributed by atoms with E-state index in [9.17, 15) is 4.79 Å². The third-order valence-corrected chi connectivity index (χ3v) is 3.11. The highest BCUT2D eigenvalue weighted by Gasteiger charge is 2.16. The second-order valence-electron chi connectivity index (χ2n) is 4.63. The summed E-state index contributed by atoms with van der Waals surface area (Å²) in [5, 5.41) is 4.04. The number of hydrogen-bond acceptors (Lipinski definition) is 2. The first-order valence-electron chi connectivity index (χ1n) is 7.39. The number of unbranched alkanes of at least 4 members (excludes halogenated alkanes) is 4. The van der Waals surface area contributed by atoms with Crippen LogP contribution in [0.5, 0.6) is 0 Å². The number of carbonyl (C=O) groups excluding carboxylic acids is 1. The fourth-order valence-electron chi connectivity index (χ4n) is 2.04. The zero-order chi connectivity index (χ0) is 13.8. The number of carbonyl (C=O) groups is 1. The van der Waals surface area contributed by atoms with E-state index in [1.807, 2.05) is 11.9 Å². The fourth-order valence-corrected chi connectivity index (χ4v) is 2.04. The first-order chi connectivity index (χ1) is 8.71. The van der Waals surface area contributed by atoms with Crippen LogP contribution in [0.4, 0.5) is 0 Å². The predicted octanol–water partition coefficient (Wildman–Crippen LogP) is 3.62. The van der Waals surface area contributed by atoms with Gasteiger partial charge in [0.25, 0.3) is 5.91 Å². The highest BCUT2D eigenvalue weighted by molar-refractivity contribution is 5.86. The Hall–Kier alpha value is -0.830. The van der Waals surface area contributed by atoms with Gasteiger partial charge in [-0.2, -0.15) is 0 Å². The Labute approximate surface area is 113 Å². The van der Waals surface area contributed by atoms with Gasteiger partial charge in [-0.25, -0.2) is 5.01 Å². The molecule has 0 aromatic carbocycles. The summed E-state index contributed by atoms with van der Waals surface area (Å²) in [4.78, 5) is 11.8. The van der Waals surface area contributed by atoms with E-state index in [0.717, 1.165) is 32.5 Å². The van der Waals surface area contributed by atoms with Crippen molar-refractivity contribution in [1.82, 2.24) is 10.0 Å². The minimum atomic E-state index is 0.0190. The standard InChI is InChI=1S/C15H30N2O/c1-5-9-11-13-16(14-12-10-6-2)17(8-4)15(18)7-3/h7H,3,5-6,8-14H2,1-2,4H3. The van der Waals surface area contributed by atoms with E-state index in [4.69, 9.17) is 0 Å². The van der Waals surface area contributed by atoms with Crippen molar-refractivity contribution < 1.29 is 4.79 Å². The Morgan fingerprint density at radius 1 is 1.00 bits per heavy atom. The number of hydrogen-bond donors (Lipinski definition) is 0. The molecule has 0 fully saturated rings. The summed E-state index contributed by atoms with van der Waals surface area (Å²) in [6, 6.07) is 0. The van der Waals surface area contributed by atoms with Gasteiger partial charge in [0.15, 0.2) is 0 Å². The van der Waals surface area contributed by atoms with Gasteiger partial charge in [0.1, 0.15) is 0 Å². The molecule has 1 amide bonds. The van der Waals surface area contributed by atoms with Gasteiger partial charge in [-0.05, 0) is 25.8 Å². The molecule has 0 aliphatic rings. The van der Waals surface area contributed by atoms with Crippen LogP contribution >= 0.6 is 0 Å². The van der Waals surface area contributed by atoms with E-state index >= 15 is 0 Å². The molecule has 0 aromatic rings. The molecular weight excluding hydrogens is 224 g/mol. The minimum absolute atomic E-state index is 0.0190. The topological polar surface area (TPSA) is 23.6 Å². The van der Waals surface area contributed by atoms with Crippen molar-refractivity contribution in [1.29, 1.82) is 0 Å². The lowest BCUT2D eigenvalue weighted by molar-refractivity contribution is -0.143. The van der Waals surface area contributed by atoms with Crippen molar-refractivity contribution in [3.8, 4) is 0 Å². The minimum Gasteiger partial charge on any atom is -0.272 e. The summed E-state index contributed by atoms with van der Waals surface area (Å²) in [5.41, 5.74) is 0. The Morgan fingerprint density at radius 2 is 1.50 bits per heavy atom. The Bertz CT molecular complexity index is 219. The molecule has 0 spiro atoms. The zero-order valence-electron chi connectivity index (χ0n) is 12.5. The summed E-state index contributed by atoms with van der Waals surface area (Å²) in [6.07, 6.45) is 8.60. The summed E-state index contributed by atoms with van der Waals surface area (Å²) in [7, 11) is 0. The van der Waals surface area contributed by atoms with Gasteiger partial charge in [-0.1, -0.05) is 46.1 Å². The van der Waals surface area contributed by atoms with Crippen LogP contribution in [0, 0.1) is 0 Å². The lowest BCUT2D eigenvalue weighted by atomic mass is 10.2. The van der Waals surface area contributed by atoms with Crippen LogP contribution in [0.1, 0.15) is 59.3 Å².